The van der Waals surface area contributed by atoms with E-state index in [2.05, 4.69) is 10.6 Å². The summed E-state index contributed by atoms with van der Waals surface area (Å²) in [5, 5.41) is 5.57. The number of hydrogen-bond donors (Lipinski definition) is 2. The van der Waals surface area contributed by atoms with Crippen LogP contribution < -0.4 is 20.3 Å². The Kier molecular flexibility index (Phi) is 8.21. The molecule has 0 heterocycles. The number of carbonyl (C=O) groups is 3. The molecule has 29 heavy (non-hydrogen) atoms. The summed E-state index contributed by atoms with van der Waals surface area (Å²) in [5.41, 5.74) is 2.34. The summed E-state index contributed by atoms with van der Waals surface area (Å²) in [4.78, 5) is 37.0. The van der Waals surface area contributed by atoms with Crippen LogP contribution in [-0.4, -0.2) is 37.9 Å². The first kappa shape index (κ1) is 21.9. The number of carbonyl (C=O) groups excluding carboxylic acids is 3. The monoisotopic (exact) mass is 397 g/mol. The normalized spacial score (nSPS) is 10.2. The van der Waals surface area contributed by atoms with Gasteiger partial charge in [0.1, 0.15) is 5.75 Å². The van der Waals surface area contributed by atoms with Crippen molar-refractivity contribution < 1.29 is 19.1 Å². The summed E-state index contributed by atoms with van der Waals surface area (Å²) in [6.07, 6.45) is 0.900. The third kappa shape index (κ3) is 7.29. The van der Waals surface area contributed by atoms with Crippen molar-refractivity contribution in [3.63, 3.8) is 0 Å². The lowest BCUT2D eigenvalue weighted by atomic mass is 10.1. The van der Waals surface area contributed by atoms with E-state index in [1.54, 1.807) is 31.4 Å². The van der Waals surface area contributed by atoms with Crippen LogP contribution in [0.4, 0.5) is 11.4 Å². The number of amides is 3. The fourth-order valence-electron chi connectivity index (χ4n) is 2.86. The van der Waals surface area contributed by atoms with E-state index in [4.69, 9.17) is 4.74 Å². The van der Waals surface area contributed by atoms with Gasteiger partial charge < -0.3 is 20.3 Å². The van der Waals surface area contributed by atoms with Gasteiger partial charge in [-0.25, -0.2) is 0 Å². The summed E-state index contributed by atoms with van der Waals surface area (Å²) < 4.78 is 5.13. The molecule has 2 N–H and O–H groups in total. The molecule has 2 rings (SSSR count). The lowest BCUT2D eigenvalue weighted by Gasteiger charge is -2.21. The van der Waals surface area contributed by atoms with Crippen molar-refractivity contribution >= 4 is 29.1 Å². The molecule has 0 aliphatic rings. The predicted molar refractivity (Wildman–Crippen MR) is 113 cm³/mol. The van der Waals surface area contributed by atoms with Crippen LogP contribution in [0.1, 0.15) is 25.8 Å². The molecular weight excluding hydrogens is 370 g/mol. The van der Waals surface area contributed by atoms with Crippen LogP contribution in [0.2, 0.25) is 0 Å². The van der Waals surface area contributed by atoms with Crippen LogP contribution in [0, 0.1) is 0 Å². The molecule has 0 radical (unpaired) electrons. The van der Waals surface area contributed by atoms with E-state index >= 15 is 0 Å². The Morgan fingerprint density at radius 3 is 2.38 bits per heavy atom. The molecule has 2 aromatic carbocycles. The number of anilines is 2. The van der Waals surface area contributed by atoms with E-state index in [9.17, 15) is 14.4 Å². The first-order valence-corrected chi connectivity index (χ1v) is 9.44. The van der Waals surface area contributed by atoms with Gasteiger partial charge in [0.15, 0.2) is 0 Å². The molecule has 0 atom stereocenters. The minimum Gasteiger partial charge on any atom is -0.497 e. The van der Waals surface area contributed by atoms with Gasteiger partial charge in [-0.05, 0) is 42.3 Å². The van der Waals surface area contributed by atoms with Crippen LogP contribution in [0.3, 0.4) is 0 Å². The molecule has 0 fully saturated rings. The molecule has 7 nitrogen and oxygen atoms in total. The van der Waals surface area contributed by atoms with Crippen LogP contribution in [0.5, 0.6) is 5.75 Å². The van der Waals surface area contributed by atoms with Gasteiger partial charge in [0.05, 0.1) is 7.11 Å². The SMILES string of the molecule is COc1ccc(CCNC(=O)CCN(C(C)=O)c2cccc(NC(C)=O)c2)cc1. The quantitative estimate of drug-likeness (QED) is 0.681. The molecule has 0 aromatic heterocycles. The maximum absolute atomic E-state index is 12.2. The van der Waals surface area contributed by atoms with Gasteiger partial charge in [-0.1, -0.05) is 18.2 Å². The molecule has 0 aliphatic carbocycles. The van der Waals surface area contributed by atoms with E-state index in [-0.39, 0.29) is 30.7 Å². The topological polar surface area (TPSA) is 87.7 Å². The number of methoxy groups -OCH3 is 1. The minimum absolute atomic E-state index is 0.122. The van der Waals surface area contributed by atoms with Gasteiger partial charge >= 0.3 is 0 Å². The smallest absolute Gasteiger partial charge is 0.223 e. The van der Waals surface area contributed by atoms with Crippen molar-refractivity contribution in [2.45, 2.75) is 26.7 Å². The van der Waals surface area contributed by atoms with Crippen molar-refractivity contribution in [2.24, 2.45) is 0 Å². The maximum atomic E-state index is 12.2. The summed E-state index contributed by atoms with van der Waals surface area (Å²) >= 11 is 0. The Morgan fingerprint density at radius 2 is 1.76 bits per heavy atom. The lowest BCUT2D eigenvalue weighted by molar-refractivity contribution is -0.121. The van der Waals surface area contributed by atoms with Gasteiger partial charge in [-0.3, -0.25) is 14.4 Å². The predicted octanol–water partition coefficient (Wildman–Crippen LogP) is 2.76. The highest BCUT2D eigenvalue weighted by Crippen LogP contribution is 2.20. The summed E-state index contributed by atoms with van der Waals surface area (Å²) in [6.45, 7) is 3.65. The third-order valence-electron chi connectivity index (χ3n) is 4.32. The van der Waals surface area contributed by atoms with Crippen molar-refractivity contribution in [3.8, 4) is 5.75 Å². The average Bonchev–Trinajstić information content (AvgIpc) is 2.68. The fraction of sp³-hybridized carbons (Fsp3) is 0.318. The second-order valence-electron chi connectivity index (χ2n) is 6.60. The second kappa shape index (κ2) is 10.8. The minimum atomic E-state index is -0.187. The highest BCUT2D eigenvalue weighted by Gasteiger charge is 2.14. The number of nitrogens with one attached hydrogen (secondary N) is 2. The molecule has 0 aliphatic heterocycles. The van der Waals surface area contributed by atoms with Crippen LogP contribution in [-0.2, 0) is 20.8 Å². The van der Waals surface area contributed by atoms with Gasteiger partial charge in [-0.15, -0.1) is 0 Å². The van der Waals surface area contributed by atoms with E-state index in [1.165, 1.54) is 18.7 Å². The Balaban J connectivity index is 1.85. The standard InChI is InChI=1S/C22H27N3O4/c1-16(26)24-19-5-4-6-20(15-19)25(17(2)27)14-12-22(28)23-13-11-18-7-9-21(29-3)10-8-18/h4-10,15H,11-14H2,1-3H3,(H,23,28)(H,24,26). The Bertz CT molecular complexity index is 849. The molecule has 154 valence electrons. The summed E-state index contributed by atoms with van der Waals surface area (Å²) in [7, 11) is 1.62. The van der Waals surface area contributed by atoms with E-state index in [1.807, 2.05) is 24.3 Å². The fourth-order valence-corrected chi connectivity index (χ4v) is 2.86. The van der Waals surface area contributed by atoms with Crippen LogP contribution >= 0.6 is 0 Å². The average molecular weight is 397 g/mol. The zero-order valence-electron chi connectivity index (χ0n) is 17.0. The van der Waals surface area contributed by atoms with E-state index in [0.717, 1.165) is 11.3 Å². The van der Waals surface area contributed by atoms with Gasteiger partial charge in [0.2, 0.25) is 17.7 Å². The Labute approximate surface area is 171 Å². The molecule has 7 heteroatoms. The number of benzene rings is 2. The maximum Gasteiger partial charge on any atom is 0.223 e. The zero-order chi connectivity index (χ0) is 21.2. The molecule has 0 unspecified atom stereocenters. The highest BCUT2D eigenvalue weighted by atomic mass is 16.5. The van der Waals surface area contributed by atoms with Crippen molar-refractivity contribution in [2.75, 3.05) is 30.4 Å². The Morgan fingerprint density at radius 1 is 1.03 bits per heavy atom. The Hall–Kier alpha value is -3.35. The summed E-state index contributed by atoms with van der Waals surface area (Å²) in [5.74, 6) is 0.316. The summed E-state index contributed by atoms with van der Waals surface area (Å²) in [6, 6.07) is 14.7. The third-order valence-corrected chi connectivity index (χ3v) is 4.32. The van der Waals surface area contributed by atoms with Crippen molar-refractivity contribution in [1.82, 2.24) is 5.32 Å². The van der Waals surface area contributed by atoms with Gasteiger partial charge in [0, 0.05) is 44.7 Å². The lowest BCUT2D eigenvalue weighted by Crippen LogP contribution is -2.34. The number of hydrogen-bond acceptors (Lipinski definition) is 4. The number of nitrogens with zero attached hydrogens (tertiary/aromatic N) is 1. The zero-order valence-corrected chi connectivity index (χ0v) is 17.0. The molecule has 0 saturated heterocycles. The van der Waals surface area contributed by atoms with Crippen molar-refractivity contribution in [3.05, 3.63) is 54.1 Å². The highest BCUT2D eigenvalue weighted by molar-refractivity contribution is 5.94. The molecule has 2 aromatic rings. The van der Waals surface area contributed by atoms with E-state index < -0.39 is 0 Å². The molecule has 0 saturated carbocycles. The van der Waals surface area contributed by atoms with Crippen molar-refractivity contribution in [1.29, 1.82) is 0 Å². The first-order valence-electron chi connectivity index (χ1n) is 9.44. The molecular formula is C22H27N3O4. The molecule has 0 spiro atoms. The second-order valence-corrected chi connectivity index (χ2v) is 6.60. The molecule has 0 bridgehead atoms. The van der Waals surface area contributed by atoms with Crippen LogP contribution in [0.15, 0.2) is 48.5 Å². The first-order chi connectivity index (χ1) is 13.9. The van der Waals surface area contributed by atoms with Gasteiger partial charge in [0.25, 0.3) is 0 Å². The van der Waals surface area contributed by atoms with Gasteiger partial charge in [-0.2, -0.15) is 0 Å². The number of rotatable bonds is 9. The largest absolute Gasteiger partial charge is 0.497 e. The van der Waals surface area contributed by atoms with Crippen LogP contribution in [0.25, 0.3) is 0 Å². The number of ether oxygens (including phenoxy) is 1. The van der Waals surface area contributed by atoms with E-state index in [0.29, 0.717) is 24.3 Å². The molecule has 3 amide bonds.